The van der Waals surface area contributed by atoms with E-state index in [2.05, 4.69) is 24.1 Å². The van der Waals surface area contributed by atoms with Crippen molar-refractivity contribution in [1.29, 1.82) is 0 Å². The summed E-state index contributed by atoms with van der Waals surface area (Å²) in [5.41, 5.74) is 0. The predicted octanol–water partition coefficient (Wildman–Crippen LogP) is 0.690. The van der Waals surface area contributed by atoms with E-state index in [1.807, 2.05) is 0 Å². The molecule has 0 amide bonds. The van der Waals surface area contributed by atoms with E-state index in [-0.39, 0.29) is 0 Å². The molecule has 1 aliphatic rings. The molecule has 0 saturated carbocycles. The Morgan fingerprint density at radius 1 is 1.50 bits per heavy atom. The molecule has 1 rings (SSSR count). The van der Waals surface area contributed by atoms with Gasteiger partial charge in [-0.05, 0) is 26.4 Å². The molecule has 0 bridgehead atoms. The predicted molar refractivity (Wildman–Crippen MR) is 44.2 cm³/mol. The standard InChI is InChI=1S/C8H18N2/c1-3-10-7-6-9-5-4-8(10)2/h8-9H,3-7H2,1-2H3. The van der Waals surface area contributed by atoms with E-state index in [4.69, 9.17) is 0 Å². The van der Waals surface area contributed by atoms with Gasteiger partial charge < -0.3 is 5.32 Å². The smallest absolute Gasteiger partial charge is 0.0110 e. The fraction of sp³-hybridized carbons (Fsp3) is 1.00. The average molecular weight is 142 g/mol. The van der Waals surface area contributed by atoms with Gasteiger partial charge in [-0.25, -0.2) is 0 Å². The molecule has 0 aromatic heterocycles. The van der Waals surface area contributed by atoms with Gasteiger partial charge in [-0.1, -0.05) is 6.92 Å². The molecule has 1 N–H and O–H groups in total. The topological polar surface area (TPSA) is 15.3 Å². The number of nitrogens with zero attached hydrogens (tertiary/aromatic N) is 1. The van der Waals surface area contributed by atoms with Crippen LogP contribution in [0.4, 0.5) is 0 Å². The van der Waals surface area contributed by atoms with Crippen molar-refractivity contribution >= 4 is 0 Å². The number of rotatable bonds is 1. The minimum Gasteiger partial charge on any atom is -0.315 e. The van der Waals surface area contributed by atoms with Crippen molar-refractivity contribution in [1.82, 2.24) is 10.2 Å². The van der Waals surface area contributed by atoms with E-state index in [1.54, 1.807) is 0 Å². The van der Waals surface area contributed by atoms with Crippen molar-refractivity contribution in [2.45, 2.75) is 26.3 Å². The molecule has 1 fully saturated rings. The number of likely N-dealkylation sites (N-methyl/N-ethyl adjacent to an activating group) is 1. The maximum Gasteiger partial charge on any atom is 0.0110 e. The third-order valence-corrected chi connectivity index (χ3v) is 2.34. The first-order valence-corrected chi connectivity index (χ1v) is 4.29. The summed E-state index contributed by atoms with van der Waals surface area (Å²) in [5.74, 6) is 0. The van der Waals surface area contributed by atoms with Crippen LogP contribution < -0.4 is 5.32 Å². The van der Waals surface area contributed by atoms with Crippen LogP contribution >= 0.6 is 0 Å². The van der Waals surface area contributed by atoms with Crippen LogP contribution in [0.5, 0.6) is 0 Å². The molecule has 1 saturated heterocycles. The normalized spacial score (nSPS) is 30.0. The van der Waals surface area contributed by atoms with E-state index in [0.29, 0.717) is 0 Å². The molecule has 0 spiro atoms. The zero-order valence-corrected chi connectivity index (χ0v) is 7.06. The Morgan fingerprint density at radius 2 is 2.30 bits per heavy atom. The molecule has 10 heavy (non-hydrogen) atoms. The van der Waals surface area contributed by atoms with Gasteiger partial charge in [-0.2, -0.15) is 0 Å². The Bertz CT molecular complexity index is 93.3. The minimum absolute atomic E-state index is 0.778. The van der Waals surface area contributed by atoms with Crippen LogP contribution in [0.15, 0.2) is 0 Å². The van der Waals surface area contributed by atoms with Crippen LogP contribution in [0.2, 0.25) is 0 Å². The van der Waals surface area contributed by atoms with Crippen molar-refractivity contribution in [2.24, 2.45) is 0 Å². The highest BCUT2D eigenvalue weighted by atomic mass is 15.2. The molecule has 1 aliphatic heterocycles. The molecular weight excluding hydrogens is 124 g/mol. The summed E-state index contributed by atoms with van der Waals surface area (Å²) >= 11 is 0. The van der Waals surface area contributed by atoms with Crippen molar-refractivity contribution < 1.29 is 0 Å². The minimum atomic E-state index is 0.778. The summed E-state index contributed by atoms with van der Waals surface area (Å²) in [4.78, 5) is 2.53. The molecule has 0 aliphatic carbocycles. The van der Waals surface area contributed by atoms with E-state index in [0.717, 1.165) is 12.6 Å². The first-order chi connectivity index (χ1) is 4.84. The van der Waals surface area contributed by atoms with Crippen molar-refractivity contribution in [2.75, 3.05) is 26.2 Å². The summed E-state index contributed by atoms with van der Waals surface area (Å²) < 4.78 is 0. The maximum atomic E-state index is 3.40. The molecule has 1 atom stereocenters. The first kappa shape index (κ1) is 8.02. The zero-order chi connectivity index (χ0) is 7.40. The van der Waals surface area contributed by atoms with Crippen LogP contribution in [0, 0.1) is 0 Å². The monoisotopic (exact) mass is 142 g/mol. The summed E-state index contributed by atoms with van der Waals surface area (Å²) in [7, 11) is 0. The molecular formula is C8H18N2. The number of nitrogens with one attached hydrogen (secondary N) is 1. The summed E-state index contributed by atoms with van der Waals surface area (Å²) in [6, 6.07) is 0.778. The Balaban J connectivity index is 2.35. The number of hydrogen-bond donors (Lipinski definition) is 1. The van der Waals surface area contributed by atoms with Gasteiger partial charge >= 0.3 is 0 Å². The van der Waals surface area contributed by atoms with Gasteiger partial charge in [-0.3, -0.25) is 4.90 Å². The van der Waals surface area contributed by atoms with Gasteiger partial charge in [0.05, 0.1) is 0 Å². The third-order valence-electron chi connectivity index (χ3n) is 2.34. The van der Waals surface area contributed by atoms with Crippen molar-refractivity contribution in [3.05, 3.63) is 0 Å². The molecule has 2 heteroatoms. The lowest BCUT2D eigenvalue weighted by Crippen LogP contribution is -2.33. The lowest BCUT2D eigenvalue weighted by molar-refractivity contribution is 0.232. The van der Waals surface area contributed by atoms with E-state index >= 15 is 0 Å². The van der Waals surface area contributed by atoms with Crippen molar-refractivity contribution in [3.63, 3.8) is 0 Å². The summed E-state index contributed by atoms with van der Waals surface area (Å²) in [6.45, 7) is 9.33. The molecule has 0 aromatic rings. The average Bonchev–Trinajstić information content (AvgIpc) is 2.13. The van der Waals surface area contributed by atoms with E-state index in [9.17, 15) is 0 Å². The summed E-state index contributed by atoms with van der Waals surface area (Å²) in [5, 5.41) is 3.40. The highest BCUT2D eigenvalue weighted by Crippen LogP contribution is 2.04. The van der Waals surface area contributed by atoms with Gasteiger partial charge in [0.15, 0.2) is 0 Å². The molecule has 0 aromatic carbocycles. The summed E-state index contributed by atoms with van der Waals surface area (Å²) in [6.07, 6.45) is 1.30. The molecule has 2 nitrogen and oxygen atoms in total. The van der Waals surface area contributed by atoms with Gasteiger partial charge in [-0.15, -0.1) is 0 Å². The fourth-order valence-electron chi connectivity index (χ4n) is 1.53. The Hall–Kier alpha value is -0.0800. The second kappa shape index (κ2) is 3.94. The Labute approximate surface area is 63.6 Å². The highest BCUT2D eigenvalue weighted by molar-refractivity contribution is 4.71. The SMILES string of the molecule is CCN1CCNCCC1C. The van der Waals surface area contributed by atoms with Gasteiger partial charge in [0.1, 0.15) is 0 Å². The Kier molecular flexibility index (Phi) is 3.16. The van der Waals surface area contributed by atoms with Crippen LogP contribution in [0.1, 0.15) is 20.3 Å². The van der Waals surface area contributed by atoms with E-state index in [1.165, 1.54) is 26.1 Å². The quantitative estimate of drug-likeness (QED) is 0.579. The Morgan fingerprint density at radius 3 is 3.00 bits per heavy atom. The second-order valence-corrected chi connectivity index (χ2v) is 3.02. The largest absolute Gasteiger partial charge is 0.315 e. The van der Waals surface area contributed by atoms with Gasteiger partial charge in [0.25, 0.3) is 0 Å². The van der Waals surface area contributed by atoms with Gasteiger partial charge in [0, 0.05) is 19.1 Å². The van der Waals surface area contributed by atoms with Crippen LogP contribution in [-0.2, 0) is 0 Å². The second-order valence-electron chi connectivity index (χ2n) is 3.02. The lowest BCUT2D eigenvalue weighted by Gasteiger charge is -2.24. The van der Waals surface area contributed by atoms with Crippen LogP contribution in [0.25, 0.3) is 0 Å². The maximum absolute atomic E-state index is 3.40. The first-order valence-electron chi connectivity index (χ1n) is 4.29. The third kappa shape index (κ3) is 1.96. The molecule has 0 radical (unpaired) electrons. The highest BCUT2D eigenvalue weighted by Gasteiger charge is 2.13. The molecule has 1 unspecified atom stereocenters. The van der Waals surface area contributed by atoms with Crippen LogP contribution in [-0.4, -0.2) is 37.1 Å². The van der Waals surface area contributed by atoms with Crippen LogP contribution in [0.3, 0.4) is 0 Å². The fourth-order valence-corrected chi connectivity index (χ4v) is 1.53. The number of hydrogen-bond acceptors (Lipinski definition) is 2. The molecule has 1 heterocycles. The lowest BCUT2D eigenvalue weighted by atomic mass is 10.2. The molecule has 60 valence electrons. The van der Waals surface area contributed by atoms with Crippen molar-refractivity contribution in [3.8, 4) is 0 Å². The van der Waals surface area contributed by atoms with E-state index < -0.39 is 0 Å². The zero-order valence-electron chi connectivity index (χ0n) is 7.06. The van der Waals surface area contributed by atoms with Gasteiger partial charge in [0.2, 0.25) is 0 Å².